The Kier molecular flexibility index (Phi) is 3.50. The summed E-state index contributed by atoms with van der Waals surface area (Å²) in [5.41, 5.74) is 5.64. The molecule has 0 bridgehead atoms. The van der Waals surface area contributed by atoms with E-state index in [4.69, 9.17) is 5.73 Å². The highest BCUT2D eigenvalue weighted by Gasteiger charge is 2.33. The summed E-state index contributed by atoms with van der Waals surface area (Å²) in [6, 6.07) is 0. The molecule has 1 aromatic rings. The summed E-state index contributed by atoms with van der Waals surface area (Å²) in [6.45, 7) is 2.85. The molecule has 19 heavy (non-hydrogen) atoms. The van der Waals surface area contributed by atoms with Gasteiger partial charge in [0.25, 0.3) is 0 Å². The van der Waals surface area contributed by atoms with Crippen LogP contribution in [0.4, 0.5) is 5.82 Å². The van der Waals surface area contributed by atoms with Gasteiger partial charge >= 0.3 is 0 Å². The van der Waals surface area contributed by atoms with Crippen molar-refractivity contribution in [2.45, 2.75) is 18.4 Å². The molecule has 2 N–H and O–H groups in total. The molecule has 1 saturated heterocycles. The van der Waals surface area contributed by atoms with E-state index in [9.17, 15) is 13.2 Å². The van der Waals surface area contributed by atoms with E-state index in [0.717, 1.165) is 4.31 Å². The molecular weight excluding hydrogens is 270 g/mol. The second kappa shape index (κ2) is 4.82. The van der Waals surface area contributed by atoms with Crippen LogP contribution in [0.2, 0.25) is 0 Å². The molecule has 0 atom stereocenters. The minimum atomic E-state index is -3.76. The average Bonchev–Trinajstić information content (AvgIpc) is 2.74. The van der Waals surface area contributed by atoms with Gasteiger partial charge in [0.2, 0.25) is 15.9 Å². The van der Waals surface area contributed by atoms with Crippen molar-refractivity contribution in [3.8, 4) is 0 Å². The highest BCUT2D eigenvalue weighted by molar-refractivity contribution is 7.89. The van der Waals surface area contributed by atoms with Crippen molar-refractivity contribution in [1.82, 2.24) is 19.0 Å². The van der Waals surface area contributed by atoms with Gasteiger partial charge < -0.3 is 10.6 Å². The lowest BCUT2D eigenvalue weighted by molar-refractivity contribution is -0.132. The highest BCUT2D eigenvalue weighted by Crippen LogP contribution is 2.22. The molecule has 1 amide bonds. The summed E-state index contributed by atoms with van der Waals surface area (Å²) in [6.07, 6.45) is 1.40. The number of rotatable bonds is 3. The van der Waals surface area contributed by atoms with Gasteiger partial charge in [-0.2, -0.15) is 9.40 Å². The Morgan fingerprint density at radius 3 is 2.63 bits per heavy atom. The third-order valence-electron chi connectivity index (χ3n) is 3.12. The number of anilines is 1. The van der Waals surface area contributed by atoms with Crippen LogP contribution in [0.25, 0.3) is 0 Å². The van der Waals surface area contributed by atoms with Gasteiger partial charge in [-0.3, -0.25) is 9.48 Å². The van der Waals surface area contributed by atoms with E-state index in [1.54, 1.807) is 7.05 Å². The maximum absolute atomic E-state index is 12.4. The molecule has 0 aromatic carbocycles. The van der Waals surface area contributed by atoms with Gasteiger partial charge in [0.05, 0.1) is 6.54 Å². The van der Waals surface area contributed by atoms with Crippen molar-refractivity contribution in [3.05, 3.63) is 6.20 Å². The predicted octanol–water partition coefficient (Wildman–Crippen LogP) is -1.05. The lowest BCUT2D eigenvalue weighted by Gasteiger charge is -2.30. The number of hydrogen-bond donors (Lipinski definition) is 1. The summed E-state index contributed by atoms with van der Waals surface area (Å²) in [5.74, 6) is -0.260. The molecule has 1 aromatic heterocycles. The van der Waals surface area contributed by atoms with E-state index in [1.165, 1.54) is 15.8 Å². The first-order chi connectivity index (χ1) is 8.86. The maximum atomic E-state index is 12.4. The second-order valence-corrected chi connectivity index (χ2v) is 6.29. The number of hydrogen-bond acceptors (Lipinski definition) is 5. The molecule has 0 aliphatic carbocycles. The average molecular weight is 287 g/mol. The van der Waals surface area contributed by atoms with Gasteiger partial charge in [-0.1, -0.05) is 0 Å². The number of likely N-dealkylation sites (N-methyl/N-ethyl adjacent to an activating group) is 1. The van der Waals surface area contributed by atoms with Crippen molar-refractivity contribution < 1.29 is 13.2 Å². The summed E-state index contributed by atoms with van der Waals surface area (Å²) in [5, 5.41) is 3.92. The number of sulfonamides is 1. The van der Waals surface area contributed by atoms with Crippen molar-refractivity contribution >= 4 is 21.7 Å². The predicted molar refractivity (Wildman–Crippen MR) is 68.7 cm³/mol. The number of carbonyl (C=O) groups is 1. The zero-order valence-electron chi connectivity index (χ0n) is 10.9. The molecule has 1 fully saturated rings. The maximum Gasteiger partial charge on any atom is 0.248 e. The van der Waals surface area contributed by atoms with Crippen molar-refractivity contribution in [1.29, 1.82) is 0 Å². The third-order valence-corrected chi connectivity index (χ3v) is 4.98. The molecule has 106 valence electrons. The van der Waals surface area contributed by atoms with Crippen LogP contribution >= 0.6 is 0 Å². The molecule has 2 rings (SSSR count). The number of aryl methyl sites for hydroxylation is 1. The van der Waals surface area contributed by atoms with Crippen LogP contribution in [0.15, 0.2) is 11.1 Å². The number of nitrogens with zero attached hydrogens (tertiary/aromatic N) is 4. The standard InChI is InChI=1S/C10H17N5O3S/c1-3-14-6-8(10(11)12-14)19(17,18)15-5-4-13(2)9(16)7-15/h6H,3-5,7H2,1-2H3,(H2,11,12). The molecule has 1 aliphatic heterocycles. The summed E-state index contributed by atoms with van der Waals surface area (Å²) in [4.78, 5) is 13.1. The van der Waals surface area contributed by atoms with Crippen molar-refractivity contribution in [3.63, 3.8) is 0 Å². The Labute approximate surface area is 111 Å². The normalized spacial score (nSPS) is 18.0. The number of amides is 1. The van der Waals surface area contributed by atoms with E-state index >= 15 is 0 Å². The fraction of sp³-hybridized carbons (Fsp3) is 0.600. The first-order valence-electron chi connectivity index (χ1n) is 5.93. The number of aromatic nitrogens is 2. The lowest BCUT2D eigenvalue weighted by Crippen LogP contribution is -2.50. The van der Waals surface area contributed by atoms with E-state index in [-0.39, 0.29) is 29.7 Å². The van der Waals surface area contributed by atoms with Crippen LogP contribution in [0, 0.1) is 0 Å². The number of nitrogen functional groups attached to an aromatic ring is 1. The van der Waals surface area contributed by atoms with Gasteiger partial charge in [0.15, 0.2) is 5.82 Å². The first kappa shape index (κ1) is 13.8. The summed E-state index contributed by atoms with van der Waals surface area (Å²) >= 11 is 0. The Balaban J connectivity index is 2.32. The van der Waals surface area contributed by atoms with E-state index in [0.29, 0.717) is 13.1 Å². The number of nitrogens with two attached hydrogens (primary N) is 1. The zero-order valence-corrected chi connectivity index (χ0v) is 11.7. The molecule has 0 radical (unpaired) electrons. The molecule has 0 spiro atoms. The Bertz CT molecular complexity index is 594. The molecule has 8 nitrogen and oxygen atoms in total. The fourth-order valence-electron chi connectivity index (χ4n) is 1.86. The van der Waals surface area contributed by atoms with Crippen LogP contribution in [-0.2, 0) is 21.4 Å². The van der Waals surface area contributed by atoms with Crippen molar-refractivity contribution in [2.75, 3.05) is 32.4 Å². The highest BCUT2D eigenvalue weighted by atomic mass is 32.2. The summed E-state index contributed by atoms with van der Waals surface area (Å²) < 4.78 is 27.4. The van der Waals surface area contributed by atoms with Crippen LogP contribution in [0.3, 0.4) is 0 Å². The molecule has 1 aliphatic rings. The van der Waals surface area contributed by atoms with Gasteiger partial charge in [-0.15, -0.1) is 0 Å². The Morgan fingerprint density at radius 2 is 2.11 bits per heavy atom. The van der Waals surface area contributed by atoms with E-state index in [2.05, 4.69) is 5.10 Å². The summed E-state index contributed by atoms with van der Waals surface area (Å²) in [7, 11) is -2.11. The quantitative estimate of drug-likeness (QED) is 0.764. The SMILES string of the molecule is CCn1cc(S(=O)(=O)N2CCN(C)C(=O)C2)c(N)n1. The molecule has 0 saturated carbocycles. The third kappa shape index (κ3) is 2.43. The molecule has 0 unspecified atom stereocenters. The second-order valence-electron chi connectivity index (χ2n) is 4.39. The van der Waals surface area contributed by atoms with Gasteiger partial charge in [0.1, 0.15) is 4.90 Å². The molecule has 2 heterocycles. The smallest absolute Gasteiger partial charge is 0.248 e. The topological polar surface area (TPSA) is 102 Å². The monoisotopic (exact) mass is 287 g/mol. The van der Waals surface area contributed by atoms with E-state index < -0.39 is 10.0 Å². The van der Waals surface area contributed by atoms with Crippen LogP contribution in [-0.4, -0.2) is 60.0 Å². The number of piperazine rings is 1. The minimum Gasteiger partial charge on any atom is -0.381 e. The van der Waals surface area contributed by atoms with Crippen LogP contribution in [0.5, 0.6) is 0 Å². The van der Waals surface area contributed by atoms with Gasteiger partial charge in [-0.05, 0) is 6.92 Å². The largest absolute Gasteiger partial charge is 0.381 e. The Morgan fingerprint density at radius 1 is 1.42 bits per heavy atom. The first-order valence-corrected chi connectivity index (χ1v) is 7.37. The number of carbonyl (C=O) groups excluding carboxylic acids is 1. The Hall–Kier alpha value is -1.61. The van der Waals surface area contributed by atoms with Crippen molar-refractivity contribution in [2.24, 2.45) is 0 Å². The minimum absolute atomic E-state index is 0.0340. The zero-order chi connectivity index (χ0) is 14.2. The molecule has 9 heteroatoms. The van der Waals surface area contributed by atoms with E-state index in [1.807, 2.05) is 6.92 Å². The van der Waals surface area contributed by atoms with Crippen LogP contribution in [0.1, 0.15) is 6.92 Å². The lowest BCUT2D eigenvalue weighted by atomic mass is 10.4. The van der Waals surface area contributed by atoms with Gasteiger partial charge in [0, 0.05) is 32.9 Å². The fourth-order valence-corrected chi connectivity index (χ4v) is 3.30. The molecular formula is C10H17N5O3S. The van der Waals surface area contributed by atoms with Gasteiger partial charge in [-0.25, -0.2) is 8.42 Å². The van der Waals surface area contributed by atoms with Crippen LogP contribution < -0.4 is 5.73 Å².